The fourth-order valence-electron chi connectivity index (χ4n) is 1.44. The minimum absolute atomic E-state index is 0.542. The van der Waals surface area contributed by atoms with Gasteiger partial charge in [0.15, 0.2) is 0 Å². The van der Waals surface area contributed by atoms with Gasteiger partial charge in [-0.2, -0.15) is 0 Å². The van der Waals surface area contributed by atoms with Crippen LogP contribution in [-0.2, 0) is 13.0 Å². The molecule has 2 N–H and O–H groups in total. The van der Waals surface area contributed by atoms with Gasteiger partial charge in [-0.1, -0.05) is 25.5 Å². The van der Waals surface area contributed by atoms with Crippen LogP contribution in [0, 0.1) is 0 Å². The Bertz CT molecular complexity index is 271. The van der Waals surface area contributed by atoms with Crippen molar-refractivity contribution in [1.29, 1.82) is 0 Å². The molecule has 0 amide bonds. The number of ether oxygens (including phenoxy) is 1. The normalized spacial score (nSPS) is 10.1. The standard InChI is InChI=1S/C11H17NO/c1-3-4-9-5-6-11(13-2)10(7-9)8-12/h5-7H,3-4,8,12H2,1-2H3. The minimum atomic E-state index is 0.542. The van der Waals surface area contributed by atoms with E-state index in [9.17, 15) is 0 Å². The van der Waals surface area contributed by atoms with Gasteiger partial charge in [0.1, 0.15) is 5.75 Å². The molecule has 13 heavy (non-hydrogen) atoms. The molecule has 0 heterocycles. The Balaban J connectivity index is 2.91. The molecular formula is C11H17NO. The monoisotopic (exact) mass is 179 g/mol. The Labute approximate surface area is 79.7 Å². The predicted molar refractivity (Wildman–Crippen MR) is 54.9 cm³/mol. The smallest absolute Gasteiger partial charge is 0.123 e. The third-order valence-electron chi connectivity index (χ3n) is 2.10. The second kappa shape index (κ2) is 4.87. The van der Waals surface area contributed by atoms with Gasteiger partial charge in [-0.25, -0.2) is 0 Å². The highest BCUT2D eigenvalue weighted by Crippen LogP contribution is 2.19. The van der Waals surface area contributed by atoms with Crippen molar-refractivity contribution < 1.29 is 4.74 Å². The Morgan fingerprint density at radius 1 is 1.38 bits per heavy atom. The third-order valence-corrected chi connectivity index (χ3v) is 2.10. The molecule has 2 heteroatoms. The first kappa shape index (κ1) is 10.1. The molecule has 0 fully saturated rings. The van der Waals surface area contributed by atoms with Gasteiger partial charge < -0.3 is 10.5 Å². The van der Waals surface area contributed by atoms with Crippen molar-refractivity contribution in [2.24, 2.45) is 5.73 Å². The van der Waals surface area contributed by atoms with E-state index in [-0.39, 0.29) is 0 Å². The van der Waals surface area contributed by atoms with Crippen LogP contribution < -0.4 is 10.5 Å². The van der Waals surface area contributed by atoms with Gasteiger partial charge in [0, 0.05) is 12.1 Å². The lowest BCUT2D eigenvalue weighted by Crippen LogP contribution is -2.00. The predicted octanol–water partition coefficient (Wildman–Crippen LogP) is 2.11. The second-order valence-corrected chi connectivity index (χ2v) is 3.10. The zero-order valence-corrected chi connectivity index (χ0v) is 8.34. The van der Waals surface area contributed by atoms with Crippen molar-refractivity contribution in [3.8, 4) is 5.75 Å². The fourth-order valence-corrected chi connectivity index (χ4v) is 1.44. The molecule has 0 aliphatic heterocycles. The van der Waals surface area contributed by atoms with Gasteiger partial charge in [-0.3, -0.25) is 0 Å². The summed E-state index contributed by atoms with van der Waals surface area (Å²) in [5.41, 5.74) is 8.04. The van der Waals surface area contributed by atoms with Gasteiger partial charge in [-0.05, 0) is 18.1 Å². The Morgan fingerprint density at radius 3 is 2.69 bits per heavy atom. The third kappa shape index (κ3) is 2.46. The van der Waals surface area contributed by atoms with Crippen LogP contribution in [0.2, 0.25) is 0 Å². The molecule has 0 aliphatic rings. The zero-order valence-electron chi connectivity index (χ0n) is 8.34. The molecule has 1 aromatic carbocycles. The molecule has 0 aliphatic carbocycles. The molecule has 0 spiro atoms. The molecule has 2 nitrogen and oxygen atoms in total. The number of methoxy groups -OCH3 is 1. The Hall–Kier alpha value is -1.02. The second-order valence-electron chi connectivity index (χ2n) is 3.10. The molecule has 72 valence electrons. The van der Waals surface area contributed by atoms with E-state index < -0.39 is 0 Å². The minimum Gasteiger partial charge on any atom is -0.496 e. The van der Waals surface area contributed by atoms with Crippen molar-refractivity contribution in [2.75, 3.05) is 7.11 Å². The van der Waals surface area contributed by atoms with Gasteiger partial charge >= 0.3 is 0 Å². The molecule has 0 unspecified atom stereocenters. The largest absolute Gasteiger partial charge is 0.496 e. The molecule has 1 aromatic rings. The zero-order chi connectivity index (χ0) is 9.68. The lowest BCUT2D eigenvalue weighted by Gasteiger charge is -2.08. The summed E-state index contributed by atoms with van der Waals surface area (Å²) in [5, 5.41) is 0. The van der Waals surface area contributed by atoms with Crippen molar-refractivity contribution in [1.82, 2.24) is 0 Å². The van der Waals surface area contributed by atoms with E-state index in [4.69, 9.17) is 10.5 Å². The number of aryl methyl sites for hydroxylation is 1. The maximum atomic E-state index is 5.61. The number of hydrogen-bond donors (Lipinski definition) is 1. The van der Waals surface area contributed by atoms with Crippen molar-refractivity contribution in [2.45, 2.75) is 26.3 Å². The van der Waals surface area contributed by atoms with Crippen LogP contribution >= 0.6 is 0 Å². The van der Waals surface area contributed by atoms with Crippen molar-refractivity contribution in [3.63, 3.8) is 0 Å². The van der Waals surface area contributed by atoms with Gasteiger partial charge in [0.2, 0.25) is 0 Å². The van der Waals surface area contributed by atoms with E-state index in [1.807, 2.05) is 6.07 Å². The van der Waals surface area contributed by atoms with Crippen LogP contribution in [0.1, 0.15) is 24.5 Å². The summed E-state index contributed by atoms with van der Waals surface area (Å²) < 4.78 is 5.19. The highest BCUT2D eigenvalue weighted by atomic mass is 16.5. The summed E-state index contributed by atoms with van der Waals surface area (Å²) in [7, 11) is 1.67. The maximum absolute atomic E-state index is 5.61. The van der Waals surface area contributed by atoms with Gasteiger partial charge in [0.05, 0.1) is 7.11 Å². The molecule has 0 aromatic heterocycles. The Morgan fingerprint density at radius 2 is 2.15 bits per heavy atom. The number of rotatable bonds is 4. The van der Waals surface area contributed by atoms with Crippen LogP contribution in [0.25, 0.3) is 0 Å². The van der Waals surface area contributed by atoms with Crippen molar-refractivity contribution >= 4 is 0 Å². The average molecular weight is 179 g/mol. The summed E-state index contributed by atoms with van der Waals surface area (Å²) >= 11 is 0. The first-order valence-electron chi connectivity index (χ1n) is 4.67. The highest BCUT2D eigenvalue weighted by Gasteiger charge is 2.01. The van der Waals surface area contributed by atoms with E-state index in [1.54, 1.807) is 7.11 Å². The summed E-state index contributed by atoms with van der Waals surface area (Å²) in [6, 6.07) is 6.22. The SMILES string of the molecule is CCCc1ccc(OC)c(CN)c1. The van der Waals surface area contributed by atoms with Crippen LogP contribution in [-0.4, -0.2) is 7.11 Å². The molecule has 0 saturated carbocycles. The molecule has 0 radical (unpaired) electrons. The van der Waals surface area contributed by atoms with Crippen LogP contribution in [0.15, 0.2) is 18.2 Å². The Kier molecular flexibility index (Phi) is 3.77. The lowest BCUT2D eigenvalue weighted by molar-refractivity contribution is 0.409. The van der Waals surface area contributed by atoms with E-state index in [0.29, 0.717) is 6.54 Å². The highest BCUT2D eigenvalue weighted by molar-refractivity contribution is 5.37. The quantitative estimate of drug-likeness (QED) is 0.768. The van der Waals surface area contributed by atoms with Crippen LogP contribution in [0.4, 0.5) is 0 Å². The fraction of sp³-hybridized carbons (Fsp3) is 0.455. The first-order valence-corrected chi connectivity index (χ1v) is 4.67. The average Bonchev–Trinajstić information content (AvgIpc) is 2.18. The van der Waals surface area contributed by atoms with Crippen LogP contribution in [0.5, 0.6) is 5.75 Å². The van der Waals surface area contributed by atoms with E-state index in [0.717, 1.165) is 24.2 Å². The summed E-state index contributed by atoms with van der Waals surface area (Å²) in [6.45, 7) is 2.72. The molecule has 0 saturated heterocycles. The van der Waals surface area contributed by atoms with Gasteiger partial charge in [-0.15, -0.1) is 0 Å². The molecular weight excluding hydrogens is 162 g/mol. The van der Waals surface area contributed by atoms with E-state index >= 15 is 0 Å². The van der Waals surface area contributed by atoms with Crippen molar-refractivity contribution in [3.05, 3.63) is 29.3 Å². The first-order chi connectivity index (χ1) is 6.31. The summed E-state index contributed by atoms with van der Waals surface area (Å²) in [5.74, 6) is 0.891. The topological polar surface area (TPSA) is 35.2 Å². The lowest BCUT2D eigenvalue weighted by atomic mass is 10.1. The molecule has 0 bridgehead atoms. The molecule has 0 atom stereocenters. The number of hydrogen-bond acceptors (Lipinski definition) is 2. The van der Waals surface area contributed by atoms with E-state index in [2.05, 4.69) is 19.1 Å². The van der Waals surface area contributed by atoms with Gasteiger partial charge in [0.25, 0.3) is 0 Å². The number of benzene rings is 1. The van der Waals surface area contributed by atoms with E-state index in [1.165, 1.54) is 5.56 Å². The summed E-state index contributed by atoms with van der Waals surface area (Å²) in [4.78, 5) is 0. The summed E-state index contributed by atoms with van der Waals surface area (Å²) in [6.07, 6.45) is 2.27. The number of nitrogens with two attached hydrogens (primary N) is 1. The van der Waals surface area contributed by atoms with Crippen LogP contribution in [0.3, 0.4) is 0 Å². The maximum Gasteiger partial charge on any atom is 0.123 e. The molecule has 1 rings (SSSR count).